The first-order valence-electron chi connectivity index (χ1n) is 7.35. The van der Waals surface area contributed by atoms with Gasteiger partial charge in [0.25, 0.3) is 5.91 Å². The molecule has 1 fully saturated rings. The summed E-state index contributed by atoms with van der Waals surface area (Å²) in [6, 6.07) is 3.45. The van der Waals surface area contributed by atoms with Crippen LogP contribution >= 0.6 is 34.5 Å². The van der Waals surface area contributed by atoms with Crippen molar-refractivity contribution in [3.05, 3.63) is 37.8 Å². The third-order valence-corrected chi connectivity index (χ3v) is 5.10. The topological polar surface area (TPSA) is 58.1 Å². The minimum Gasteiger partial charge on any atom is -0.346 e. The predicted molar refractivity (Wildman–Crippen MR) is 93.7 cm³/mol. The molecule has 1 saturated heterocycles. The molecule has 1 N–H and O–H groups in total. The highest BCUT2D eigenvalue weighted by molar-refractivity contribution is 7.20. The monoisotopic (exact) mass is 370 g/mol. The number of halogens is 2. The summed E-state index contributed by atoms with van der Waals surface area (Å²) in [4.78, 5) is 23.4. The van der Waals surface area contributed by atoms with Crippen molar-refractivity contribution in [1.29, 1.82) is 0 Å². The van der Waals surface area contributed by atoms with Crippen molar-refractivity contribution in [1.82, 2.24) is 15.3 Å². The summed E-state index contributed by atoms with van der Waals surface area (Å²) in [5.74, 6) is 0.487. The van der Waals surface area contributed by atoms with Gasteiger partial charge in [-0.05, 0) is 31.9 Å². The molecule has 8 heteroatoms. The SMILES string of the molecule is Cc1cc(CNC(=O)c2cc(Cl)sc2Cl)nc(N2CCCC2)n1. The molecule has 23 heavy (non-hydrogen) atoms. The summed E-state index contributed by atoms with van der Waals surface area (Å²) in [5, 5.41) is 2.83. The summed E-state index contributed by atoms with van der Waals surface area (Å²) in [7, 11) is 0. The summed E-state index contributed by atoms with van der Waals surface area (Å²) in [6.45, 7) is 4.23. The molecule has 5 nitrogen and oxygen atoms in total. The van der Waals surface area contributed by atoms with E-state index in [-0.39, 0.29) is 5.91 Å². The van der Waals surface area contributed by atoms with Gasteiger partial charge in [-0.3, -0.25) is 4.79 Å². The molecule has 0 bridgehead atoms. The van der Waals surface area contributed by atoms with Crippen molar-refractivity contribution < 1.29 is 4.79 Å². The largest absolute Gasteiger partial charge is 0.346 e. The first kappa shape index (κ1) is 16.5. The highest BCUT2D eigenvalue weighted by Gasteiger charge is 2.17. The predicted octanol–water partition coefficient (Wildman–Crippen LogP) is 3.68. The zero-order valence-electron chi connectivity index (χ0n) is 12.6. The van der Waals surface area contributed by atoms with Crippen LogP contribution in [0.4, 0.5) is 5.95 Å². The van der Waals surface area contributed by atoms with Gasteiger partial charge in [-0.1, -0.05) is 23.2 Å². The molecule has 0 unspecified atom stereocenters. The molecule has 1 aliphatic heterocycles. The molecule has 0 aromatic carbocycles. The van der Waals surface area contributed by atoms with Crippen LogP contribution in [0.5, 0.6) is 0 Å². The van der Waals surface area contributed by atoms with Crippen LogP contribution in [0.25, 0.3) is 0 Å². The van der Waals surface area contributed by atoms with Gasteiger partial charge < -0.3 is 10.2 Å². The van der Waals surface area contributed by atoms with Crippen molar-refractivity contribution in [2.75, 3.05) is 18.0 Å². The molecule has 3 heterocycles. The lowest BCUT2D eigenvalue weighted by molar-refractivity contribution is 0.0951. The average molecular weight is 371 g/mol. The number of nitrogens with zero attached hydrogens (tertiary/aromatic N) is 3. The molecule has 1 amide bonds. The van der Waals surface area contributed by atoms with Gasteiger partial charge in [-0.2, -0.15) is 0 Å². The Morgan fingerprint density at radius 2 is 2.04 bits per heavy atom. The summed E-state index contributed by atoms with van der Waals surface area (Å²) < 4.78 is 0.887. The number of nitrogens with one attached hydrogen (secondary N) is 1. The van der Waals surface area contributed by atoms with Gasteiger partial charge in [-0.15, -0.1) is 11.3 Å². The highest BCUT2D eigenvalue weighted by Crippen LogP contribution is 2.31. The zero-order chi connectivity index (χ0) is 16.4. The Morgan fingerprint density at radius 3 is 2.70 bits per heavy atom. The van der Waals surface area contributed by atoms with Gasteiger partial charge >= 0.3 is 0 Å². The Balaban J connectivity index is 1.70. The number of thiophene rings is 1. The van der Waals surface area contributed by atoms with Gasteiger partial charge in [0, 0.05) is 18.8 Å². The minimum absolute atomic E-state index is 0.253. The molecular formula is C15H16Cl2N4OS. The normalized spacial score (nSPS) is 14.3. The molecule has 2 aromatic rings. The summed E-state index contributed by atoms with van der Waals surface area (Å²) in [5.41, 5.74) is 2.07. The Labute approximate surface area is 148 Å². The van der Waals surface area contributed by atoms with E-state index in [1.54, 1.807) is 6.07 Å². The number of hydrogen-bond donors (Lipinski definition) is 1. The van der Waals surface area contributed by atoms with Gasteiger partial charge in [0.05, 0.1) is 22.1 Å². The van der Waals surface area contributed by atoms with Crippen LogP contribution in [-0.2, 0) is 6.54 Å². The van der Waals surface area contributed by atoms with Crippen LogP contribution in [-0.4, -0.2) is 29.0 Å². The Morgan fingerprint density at radius 1 is 1.30 bits per heavy atom. The maximum Gasteiger partial charge on any atom is 0.254 e. The molecule has 122 valence electrons. The van der Waals surface area contributed by atoms with E-state index < -0.39 is 0 Å². The molecule has 2 aromatic heterocycles. The fraction of sp³-hybridized carbons (Fsp3) is 0.400. The fourth-order valence-electron chi connectivity index (χ4n) is 2.53. The van der Waals surface area contributed by atoms with E-state index in [0.717, 1.165) is 30.4 Å². The quantitative estimate of drug-likeness (QED) is 0.891. The van der Waals surface area contributed by atoms with Crippen molar-refractivity contribution in [3.63, 3.8) is 0 Å². The second kappa shape index (κ2) is 7.03. The van der Waals surface area contributed by atoms with Gasteiger partial charge in [-0.25, -0.2) is 9.97 Å². The molecule has 0 spiro atoms. The molecule has 1 aliphatic rings. The number of carbonyl (C=O) groups is 1. The number of carbonyl (C=O) groups excluding carboxylic acids is 1. The maximum atomic E-state index is 12.2. The van der Waals surface area contributed by atoms with Gasteiger partial charge in [0.1, 0.15) is 4.34 Å². The third-order valence-electron chi connectivity index (χ3n) is 3.62. The second-order valence-electron chi connectivity index (χ2n) is 5.42. The number of aromatic nitrogens is 2. The first-order valence-corrected chi connectivity index (χ1v) is 8.93. The van der Waals surface area contributed by atoms with E-state index in [9.17, 15) is 4.79 Å². The molecule has 3 rings (SSSR count). The van der Waals surface area contributed by atoms with Crippen LogP contribution in [0.15, 0.2) is 12.1 Å². The summed E-state index contributed by atoms with van der Waals surface area (Å²) in [6.07, 6.45) is 2.33. The standard InChI is InChI=1S/C15H16Cl2N4OS/c1-9-6-10(20-15(19-9)21-4-2-3-5-21)8-18-14(22)11-7-12(16)23-13(11)17/h6-7H,2-5,8H2,1H3,(H,18,22). The van der Waals surface area contributed by atoms with Gasteiger partial charge in [0.2, 0.25) is 5.95 Å². The van der Waals surface area contributed by atoms with Crippen molar-refractivity contribution in [2.24, 2.45) is 0 Å². The minimum atomic E-state index is -0.253. The van der Waals surface area contributed by atoms with E-state index >= 15 is 0 Å². The average Bonchev–Trinajstić information content (AvgIpc) is 3.14. The van der Waals surface area contributed by atoms with E-state index in [2.05, 4.69) is 20.2 Å². The van der Waals surface area contributed by atoms with Crippen LogP contribution < -0.4 is 10.2 Å². The van der Waals surface area contributed by atoms with E-state index in [4.69, 9.17) is 23.2 Å². The van der Waals surface area contributed by atoms with E-state index in [1.165, 1.54) is 24.2 Å². The third kappa shape index (κ3) is 3.94. The lowest BCUT2D eigenvalue weighted by Gasteiger charge is -2.16. The molecule has 0 aliphatic carbocycles. The lowest BCUT2D eigenvalue weighted by atomic mass is 10.3. The number of aryl methyl sites for hydroxylation is 1. The van der Waals surface area contributed by atoms with E-state index in [1.807, 2.05) is 13.0 Å². The Bertz CT molecular complexity index is 728. The van der Waals surface area contributed by atoms with Crippen LogP contribution in [0, 0.1) is 6.92 Å². The molecular weight excluding hydrogens is 355 g/mol. The van der Waals surface area contributed by atoms with Crippen molar-refractivity contribution >= 4 is 46.4 Å². The highest BCUT2D eigenvalue weighted by atomic mass is 35.5. The molecule has 0 saturated carbocycles. The van der Waals surface area contributed by atoms with Crippen molar-refractivity contribution in [3.8, 4) is 0 Å². The first-order chi connectivity index (χ1) is 11.0. The van der Waals surface area contributed by atoms with Gasteiger partial charge in [0.15, 0.2) is 0 Å². The van der Waals surface area contributed by atoms with Crippen LogP contribution in [0.1, 0.15) is 34.6 Å². The smallest absolute Gasteiger partial charge is 0.254 e. The van der Waals surface area contributed by atoms with Crippen LogP contribution in [0.3, 0.4) is 0 Å². The number of hydrogen-bond acceptors (Lipinski definition) is 5. The Hall–Kier alpha value is -1.37. The van der Waals surface area contributed by atoms with E-state index in [0.29, 0.717) is 20.8 Å². The Kier molecular flexibility index (Phi) is 5.04. The molecule has 0 radical (unpaired) electrons. The zero-order valence-corrected chi connectivity index (χ0v) is 14.9. The number of rotatable bonds is 4. The fourth-order valence-corrected chi connectivity index (χ4v) is 3.99. The molecule has 0 atom stereocenters. The van der Waals surface area contributed by atoms with Crippen molar-refractivity contribution in [2.45, 2.75) is 26.3 Å². The lowest BCUT2D eigenvalue weighted by Crippen LogP contribution is -2.25. The van der Waals surface area contributed by atoms with Crippen LogP contribution in [0.2, 0.25) is 8.67 Å². The maximum absolute atomic E-state index is 12.2. The summed E-state index contributed by atoms with van der Waals surface area (Å²) >= 11 is 13.0. The number of amides is 1. The number of anilines is 1. The second-order valence-corrected chi connectivity index (χ2v) is 7.70.